The number of allylic oxidation sites excluding steroid dienone is 3. The predicted octanol–water partition coefficient (Wildman–Crippen LogP) is 5.12. The molecule has 1 heterocycles. The van der Waals surface area contributed by atoms with Crippen LogP contribution in [-0.2, 0) is 14.3 Å². The van der Waals surface area contributed by atoms with Gasteiger partial charge in [0.15, 0.2) is 28.8 Å². The molecular weight excluding hydrogens is 486 g/mol. The number of ketones is 1. The van der Waals surface area contributed by atoms with Crippen LogP contribution in [0.15, 0.2) is 58.9 Å². The number of carbonyl (C=O) groups excluding carboxylic acids is 2. The lowest BCUT2D eigenvalue weighted by Crippen LogP contribution is -2.36. The molecule has 8 heteroatoms. The Hall–Kier alpha value is -3.94. The number of Topliss-reactive ketones (excluding diaryl/α,β-unsaturated/α-hetero) is 1. The van der Waals surface area contributed by atoms with Crippen molar-refractivity contribution in [3.63, 3.8) is 0 Å². The molecule has 38 heavy (non-hydrogen) atoms. The Morgan fingerprint density at radius 1 is 1.03 bits per heavy atom. The number of hydrogen-bond donors (Lipinski definition) is 2. The maximum absolute atomic E-state index is 13.8. The Labute approximate surface area is 223 Å². The summed E-state index contributed by atoms with van der Waals surface area (Å²) >= 11 is 0. The fraction of sp³-hybridized carbons (Fsp3) is 0.400. The lowest BCUT2D eigenvalue weighted by Gasteiger charge is -2.37. The Morgan fingerprint density at radius 2 is 1.71 bits per heavy atom. The molecule has 2 aromatic carbocycles. The summed E-state index contributed by atoms with van der Waals surface area (Å²) in [4.78, 5) is 27.2. The highest BCUT2D eigenvalue weighted by Gasteiger charge is 2.42. The zero-order valence-corrected chi connectivity index (χ0v) is 22.7. The molecule has 0 fully saturated rings. The summed E-state index contributed by atoms with van der Waals surface area (Å²) in [5, 5.41) is 13.7. The molecule has 0 radical (unpaired) electrons. The number of hydrogen-bond acceptors (Lipinski definition) is 8. The normalized spacial score (nSPS) is 19.2. The zero-order valence-electron chi connectivity index (χ0n) is 22.7. The molecule has 2 N–H and O–H groups in total. The minimum Gasteiger partial charge on any atom is -0.504 e. The fourth-order valence-corrected chi connectivity index (χ4v) is 5.24. The maximum Gasteiger partial charge on any atom is 0.337 e. The first kappa shape index (κ1) is 27.1. The predicted molar refractivity (Wildman–Crippen MR) is 143 cm³/mol. The Morgan fingerprint density at radius 3 is 2.37 bits per heavy atom. The molecule has 0 saturated carbocycles. The monoisotopic (exact) mass is 521 g/mol. The summed E-state index contributed by atoms with van der Waals surface area (Å²) in [5.74, 6) is 0.244. The van der Waals surface area contributed by atoms with Gasteiger partial charge in [-0.15, -0.1) is 0 Å². The van der Waals surface area contributed by atoms with Crippen molar-refractivity contribution in [2.75, 3.05) is 20.8 Å². The van der Waals surface area contributed by atoms with Crippen LogP contribution >= 0.6 is 0 Å². The van der Waals surface area contributed by atoms with Crippen molar-refractivity contribution in [3.8, 4) is 23.0 Å². The summed E-state index contributed by atoms with van der Waals surface area (Å²) in [6, 6.07) is 10.7. The second-order valence-corrected chi connectivity index (χ2v) is 9.75. The Balaban J connectivity index is 1.80. The molecule has 2 atom stereocenters. The van der Waals surface area contributed by atoms with Gasteiger partial charge in [-0.1, -0.05) is 12.1 Å². The van der Waals surface area contributed by atoms with Gasteiger partial charge in [0, 0.05) is 29.3 Å². The van der Waals surface area contributed by atoms with E-state index in [1.807, 2.05) is 32.0 Å². The van der Waals surface area contributed by atoms with Crippen molar-refractivity contribution in [1.29, 1.82) is 0 Å². The highest BCUT2D eigenvalue weighted by atomic mass is 16.5. The molecule has 4 rings (SSSR count). The van der Waals surface area contributed by atoms with Crippen LogP contribution in [0.5, 0.6) is 23.0 Å². The zero-order chi connectivity index (χ0) is 27.6. The summed E-state index contributed by atoms with van der Waals surface area (Å²) in [5.41, 5.74) is 3.96. The van der Waals surface area contributed by atoms with Crippen molar-refractivity contribution in [3.05, 3.63) is 70.1 Å². The molecular formula is C30H35NO7. The van der Waals surface area contributed by atoms with E-state index in [4.69, 9.17) is 18.9 Å². The molecule has 0 saturated heterocycles. The number of nitrogens with one attached hydrogen (secondary N) is 1. The van der Waals surface area contributed by atoms with Gasteiger partial charge in [0.25, 0.3) is 0 Å². The van der Waals surface area contributed by atoms with Crippen molar-refractivity contribution in [2.45, 2.75) is 58.5 Å². The third-order valence-electron chi connectivity index (χ3n) is 6.89. The van der Waals surface area contributed by atoms with Gasteiger partial charge < -0.3 is 29.4 Å². The molecule has 0 aromatic heterocycles. The molecule has 2 aromatic rings. The van der Waals surface area contributed by atoms with Gasteiger partial charge in [-0.25, -0.2) is 4.79 Å². The first-order valence-corrected chi connectivity index (χ1v) is 12.8. The van der Waals surface area contributed by atoms with Gasteiger partial charge in [-0.3, -0.25) is 4.79 Å². The molecule has 2 aliphatic rings. The van der Waals surface area contributed by atoms with Crippen molar-refractivity contribution < 1.29 is 33.6 Å². The SMILES string of the molecule is CCOc1cc([C@H]2C(C(=O)OC(C)C)=C(C)NC3=C2C(=O)C[C@@H](c2ccc(OC)c(OC)c2)C3)ccc1O. The van der Waals surface area contributed by atoms with E-state index in [1.165, 1.54) is 6.07 Å². The summed E-state index contributed by atoms with van der Waals surface area (Å²) < 4.78 is 22.0. The van der Waals surface area contributed by atoms with Crippen LogP contribution in [0.2, 0.25) is 0 Å². The molecule has 0 spiro atoms. The lowest BCUT2D eigenvalue weighted by atomic mass is 9.71. The number of carbonyl (C=O) groups is 2. The summed E-state index contributed by atoms with van der Waals surface area (Å²) in [7, 11) is 3.17. The summed E-state index contributed by atoms with van der Waals surface area (Å²) in [6.45, 7) is 7.59. The van der Waals surface area contributed by atoms with Gasteiger partial charge in [0.05, 0.1) is 32.5 Å². The van der Waals surface area contributed by atoms with Crippen LogP contribution in [0.4, 0.5) is 0 Å². The van der Waals surface area contributed by atoms with E-state index >= 15 is 0 Å². The van der Waals surface area contributed by atoms with E-state index in [-0.39, 0.29) is 30.0 Å². The molecule has 1 aliphatic heterocycles. The minimum absolute atomic E-state index is 0.00534. The highest BCUT2D eigenvalue weighted by molar-refractivity contribution is 6.04. The van der Waals surface area contributed by atoms with E-state index in [9.17, 15) is 14.7 Å². The molecule has 202 valence electrons. The van der Waals surface area contributed by atoms with Crippen LogP contribution in [0, 0.1) is 0 Å². The second-order valence-electron chi connectivity index (χ2n) is 9.75. The van der Waals surface area contributed by atoms with Crippen LogP contribution in [-0.4, -0.2) is 43.8 Å². The number of aromatic hydroxyl groups is 1. The topological polar surface area (TPSA) is 103 Å². The number of phenolic OH excluding ortho intramolecular Hbond substituents is 1. The van der Waals surface area contributed by atoms with Gasteiger partial charge in [-0.05, 0) is 75.4 Å². The summed E-state index contributed by atoms with van der Waals surface area (Å²) in [6.07, 6.45) is 0.524. The van der Waals surface area contributed by atoms with Gasteiger partial charge in [0.2, 0.25) is 0 Å². The van der Waals surface area contributed by atoms with E-state index < -0.39 is 11.9 Å². The third kappa shape index (κ3) is 5.21. The van der Waals surface area contributed by atoms with Crippen molar-refractivity contribution in [2.24, 2.45) is 0 Å². The number of esters is 1. The molecule has 8 nitrogen and oxygen atoms in total. The van der Waals surface area contributed by atoms with Crippen LogP contribution in [0.1, 0.15) is 63.5 Å². The number of phenols is 1. The van der Waals surface area contributed by atoms with Crippen molar-refractivity contribution >= 4 is 11.8 Å². The number of methoxy groups -OCH3 is 2. The Kier molecular flexibility index (Phi) is 7.99. The van der Waals surface area contributed by atoms with Gasteiger partial charge >= 0.3 is 5.97 Å². The smallest absolute Gasteiger partial charge is 0.337 e. The average Bonchev–Trinajstić information content (AvgIpc) is 2.88. The first-order chi connectivity index (χ1) is 18.2. The minimum atomic E-state index is -0.656. The Bertz CT molecular complexity index is 1310. The fourth-order valence-electron chi connectivity index (χ4n) is 5.24. The molecule has 0 unspecified atom stereocenters. The first-order valence-electron chi connectivity index (χ1n) is 12.8. The van der Waals surface area contributed by atoms with Crippen molar-refractivity contribution in [1.82, 2.24) is 5.32 Å². The molecule has 0 bridgehead atoms. The molecule has 1 aliphatic carbocycles. The lowest BCUT2D eigenvalue weighted by molar-refractivity contribution is -0.143. The second kappa shape index (κ2) is 11.2. The number of ether oxygens (including phenoxy) is 4. The third-order valence-corrected chi connectivity index (χ3v) is 6.89. The number of rotatable bonds is 8. The van der Waals surface area contributed by atoms with Crippen LogP contribution in [0.3, 0.4) is 0 Å². The largest absolute Gasteiger partial charge is 0.504 e. The average molecular weight is 522 g/mol. The van der Waals surface area contributed by atoms with Gasteiger partial charge in [0.1, 0.15) is 0 Å². The van der Waals surface area contributed by atoms with Crippen LogP contribution < -0.4 is 19.5 Å². The number of benzene rings is 2. The number of dihydropyridines is 1. The van der Waals surface area contributed by atoms with Crippen LogP contribution in [0.25, 0.3) is 0 Å². The highest BCUT2D eigenvalue weighted by Crippen LogP contribution is 2.47. The van der Waals surface area contributed by atoms with E-state index in [0.717, 1.165) is 11.3 Å². The maximum atomic E-state index is 13.8. The standard InChI is InChI=1S/C30H35NO7/c1-7-37-25-15-19(8-10-22(25)32)28-27(30(34)38-16(2)3)17(4)31-21-12-20(13-23(33)29(21)28)18-9-11-24(35-5)26(14-18)36-6/h8-11,14-16,20,28,31-32H,7,12-13H2,1-6H3/t20-,28-/m0/s1. The quantitative estimate of drug-likeness (QED) is 0.462. The van der Waals surface area contributed by atoms with E-state index in [1.54, 1.807) is 40.2 Å². The van der Waals surface area contributed by atoms with E-state index in [2.05, 4.69) is 5.32 Å². The van der Waals surface area contributed by atoms with Gasteiger partial charge in [-0.2, -0.15) is 0 Å². The van der Waals surface area contributed by atoms with E-state index in [0.29, 0.717) is 52.7 Å². The molecule has 0 amide bonds.